The van der Waals surface area contributed by atoms with E-state index in [1.54, 1.807) is 0 Å². The lowest BCUT2D eigenvalue weighted by molar-refractivity contribution is 0.0278. The molecule has 1 atom stereocenters. The van der Waals surface area contributed by atoms with Gasteiger partial charge in [-0.15, -0.1) is 0 Å². The highest BCUT2D eigenvalue weighted by Gasteiger charge is 2.26. The lowest BCUT2D eigenvalue weighted by Gasteiger charge is -2.34. The van der Waals surface area contributed by atoms with Crippen LogP contribution in [0.4, 0.5) is 0 Å². The topological polar surface area (TPSA) is 47.3 Å². The molecule has 3 nitrogen and oxygen atoms in total. The fourth-order valence-electron chi connectivity index (χ4n) is 2.38. The van der Waals surface area contributed by atoms with Crippen molar-refractivity contribution in [2.24, 2.45) is 5.73 Å². The first-order valence-electron chi connectivity index (χ1n) is 6.82. The van der Waals surface area contributed by atoms with E-state index < -0.39 is 0 Å². The summed E-state index contributed by atoms with van der Waals surface area (Å²) in [6.07, 6.45) is 3.30. The monoisotopic (exact) mass is 248 g/mol. The molecular formula is C15H24N2O. The highest BCUT2D eigenvalue weighted by atomic mass is 16.5. The van der Waals surface area contributed by atoms with Crippen LogP contribution in [-0.4, -0.2) is 25.3 Å². The van der Waals surface area contributed by atoms with Crippen molar-refractivity contribution in [1.82, 2.24) is 5.32 Å². The van der Waals surface area contributed by atoms with Gasteiger partial charge < -0.3 is 15.8 Å². The Kier molecular flexibility index (Phi) is 4.75. The Morgan fingerprint density at radius 2 is 2.00 bits per heavy atom. The number of hydrogen-bond donors (Lipinski definition) is 2. The van der Waals surface area contributed by atoms with Crippen LogP contribution in [-0.2, 0) is 17.7 Å². The van der Waals surface area contributed by atoms with Crippen LogP contribution in [0.15, 0.2) is 24.3 Å². The predicted molar refractivity (Wildman–Crippen MR) is 74.5 cm³/mol. The number of nitrogens with one attached hydrogen (secondary N) is 1. The zero-order valence-electron chi connectivity index (χ0n) is 11.2. The van der Waals surface area contributed by atoms with Crippen molar-refractivity contribution in [3.63, 3.8) is 0 Å². The lowest BCUT2D eigenvalue weighted by atomic mass is 9.94. The van der Waals surface area contributed by atoms with E-state index in [-0.39, 0.29) is 5.54 Å². The van der Waals surface area contributed by atoms with Crippen molar-refractivity contribution in [1.29, 1.82) is 0 Å². The average molecular weight is 248 g/mol. The van der Waals surface area contributed by atoms with E-state index in [0.29, 0.717) is 6.54 Å². The van der Waals surface area contributed by atoms with Gasteiger partial charge in [-0.25, -0.2) is 0 Å². The molecule has 0 radical (unpaired) electrons. The number of ether oxygens (including phenoxy) is 1. The first-order valence-corrected chi connectivity index (χ1v) is 6.82. The van der Waals surface area contributed by atoms with Gasteiger partial charge in [0, 0.05) is 18.7 Å². The molecule has 0 aromatic heterocycles. The Labute approximate surface area is 110 Å². The molecule has 0 saturated carbocycles. The predicted octanol–water partition coefficient (Wildman–Crippen LogP) is 1.85. The molecule has 0 spiro atoms. The zero-order valence-corrected chi connectivity index (χ0v) is 11.2. The largest absolute Gasteiger partial charge is 0.380 e. The maximum absolute atomic E-state index is 5.55. The molecule has 1 aliphatic rings. The molecule has 1 fully saturated rings. The van der Waals surface area contributed by atoms with Crippen molar-refractivity contribution in [2.75, 3.05) is 19.8 Å². The number of nitrogens with two attached hydrogens (primary N) is 1. The van der Waals surface area contributed by atoms with E-state index in [0.717, 1.165) is 32.6 Å². The van der Waals surface area contributed by atoms with Crippen LogP contribution in [0, 0.1) is 0 Å². The summed E-state index contributed by atoms with van der Waals surface area (Å²) in [5.74, 6) is 0. The smallest absolute Gasteiger partial charge is 0.0645 e. The normalized spacial score (nSPS) is 24.1. The molecule has 3 heteroatoms. The summed E-state index contributed by atoms with van der Waals surface area (Å²) >= 11 is 0. The first kappa shape index (κ1) is 13.5. The first-order chi connectivity index (χ1) is 8.72. The molecule has 3 N–H and O–H groups in total. The zero-order chi connectivity index (χ0) is 12.8. The minimum atomic E-state index is 0.133. The van der Waals surface area contributed by atoms with Gasteiger partial charge in [0.25, 0.3) is 0 Å². The Hall–Kier alpha value is -0.900. The van der Waals surface area contributed by atoms with Gasteiger partial charge in [0.15, 0.2) is 0 Å². The molecule has 1 heterocycles. The molecule has 1 unspecified atom stereocenters. The van der Waals surface area contributed by atoms with Crippen LogP contribution in [0.25, 0.3) is 0 Å². The van der Waals surface area contributed by atoms with Crippen molar-refractivity contribution >= 4 is 0 Å². The minimum Gasteiger partial charge on any atom is -0.380 e. The van der Waals surface area contributed by atoms with Crippen molar-refractivity contribution in [2.45, 2.75) is 38.3 Å². The van der Waals surface area contributed by atoms with Crippen LogP contribution in [0.5, 0.6) is 0 Å². The summed E-state index contributed by atoms with van der Waals surface area (Å²) in [7, 11) is 0. The maximum Gasteiger partial charge on any atom is 0.0645 e. The highest BCUT2D eigenvalue weighted by molar-refractivity contribution is 5.22. The fourth-order valence-corrected chi connectivity index (χ4v) is 2.38. The molecule has 0 amide bonds. The summed E-state index contributed by atoms with van der Waals surface area (Å²) in [4.78, 5) is 0. The molecule has 1 aliphatic heterocycles. The Bertz CT molecular complexity index is 355. The van der Waals surface area contributed by atoms with Gasteiger partial charge in [-0.3, -0.25) is 0 Å². The second kappa shape index (κ2) is 6.32. The van der Waals surface area contributed by atoms with Gasteiger partial charge in [-0.05, 0) is 43.9 Å². The van der Waals surface area contributed by atoms with Crippen LogP contribution >= 0.6 is 0 Å². The molecule has 1 saturated heterocycles. The Morgan fingerprint density at radius 3 is 2.61 bits per heavy atom. The molecule has 100 valence electrons. The second-order valence-corrected chi connectivity index (χ2v) is 5.43. The third kappa shape index (κ3) is 3.80. The van der Waals surface area contributed by atoms with E-state index in [4.69, 9.17) is 10.5 Å². The summed E-state index contributed by atoms with van der Waals surface area (Å²) in [5, 5.41) is 3.62. The third-order valence-electron chi connectivity index (χ3n) is 3.61. The van der Waals surface area contributed by atoms with Crippen molar-refractivity contribution in [3.8, 4) is 0 Å². The molecule has 18 heavy (non-hydrogen) atoms. The highest BCUT2D eigenvalue weighted by Crippen LogP contribution is 2.19. The molecule has 0 bridgehead atoms. The van der Waals surface area contributed by atoms with Gasteiger partial charge in [-0.1, -0.05) is 24.3 Å². The van der Waals surface area contributed by atoms with Gasteiger partial charge in [0.1, 0.15) is 0 Å². The Balaban J connectivity index is 1.85. The standard InChI is InChI=1S/C15H24N2O/c1-15(8-2-10-18-12-15)17-11-14-5-3-13(4-6-14)7-9-16/h3-6,17H,2,7-12,16H2,1H3. The van der Waals surface area contributed by atoms with Gasteiger partial charge in [-0.2, -0.15) is 0 Å². The van der Waals surface area contributed by atoms with Gasteiger partial charge >= 0.3 is 0 Å². The lowest BCUT2D eigenvalue weighted by Crippen LogP contribution is -2.48. The van der Waals surface area contributed by atoms with E-state index in [1.165, 1.54) is 17.5 Å². The number of rotatable bonds is 5. The molecule has 1 aromatic rings. The average Bonchev–Trinajstić information content (AvgIpc) is 2.39. The second-order valence-electron chi connectivity index (χ2n) is 5.43. The summed E-state index contributed by atoms with van der Waals surface area (Å²) < 4.78 is 5.55. The SMILES string of the molecule is CC1(NCc2ccc(CCN)cc2)CCCOC1. The van der Waals surface area contributed by atoms with E-state index in [1.807, 2.05) is 0 Å². The third-order valence-corrected chi connectivity index (χ3v) is 3.61. The molecule has 1 aromatic carbocycles. The van der Waals surface area contributed by atoms with Gasteiger partial charge in [0.05, 0.1) is 6.61 Å². The minimum absolute atomic E-state index is 0.133. The van der Waals surface area contributed by atoms with Gasteiger partial charge in [0.2, 0.25) is 0 Å². The summed E-state index contributed by atoms with van der Waals surface area (Å²) in [5.41, 5.74) is 8.31. The Morgan fingerprint density at radius 1 is 1.28 bits per heavy atom. The summed E-state index contributed by atoms with van der Waals surface area (Å²) in [6.45, 7) is 5.59. The molecule has 0 aliphatic carbocycles. The fraction of sp³-hybridized carbons (Fsp3) is 0.600. The van der Waals surface area contributed by atoms with E-state index in [2.05, 4.69) is 36.5 Å². The number of benzene rings is 1. The van der Waals surface area contributed by atoms with Crippen molar-refractivity contribution < 1.29 is 4.74 Å². The maximum atomic E-state index is 5.55. The van der Waals surface area contributed by atoms with Crippen molar-refractivity contribution in [3.05, 3.63) is 35.4 Å². The quantitative estimate of drug-likeness (QED) is 0.836. The van der Waals surface area contributed by atoms with Crippen LogP contribution < -0.4 is 11.1 Å². The van der Waals surface area contributed by atoms with Crippen LogP contribution in [0.2, 0.25) is 0 Å². The van der Waals surface area contributed by atoms with Crippen LogP contribution in [0.3, 0.4) is 0 Å². The summed E-state index contributed by atoms with van der Waals surface area (Å²) in [6, 6.07) is 8.71. The number of hydrogen-bond acceptors (Lipinski definition) is 3. The molecule has 2 rings (SSSR count). The van der Waals surface area contributed by atoms with E-state index in [9.17, 15) is 0 Å². The molecular weight excluding hydrogens is 224 g/mol. The van der Waals surface area contributed by atoms with Crippen LogP contribution in [0.1, 0.15) is 30.9 Å². The van der Waals surface area contributed by atoms with E-state index >= 15 is 0 Å².